The minimum absolute atomic E-state index is 0.0463. The molecule has 0 fully saturated rings. The lowest BCUT2D eigenvalue weighted by Gasteiger charge is -2.19. The topological polar surface area (TPSA) is 167 Å². The summed E-state index contributed by atoms with van der Waals surface area (Å²) in [6.07, 6.45) is 3.18. The molecule has 5 rings (SSSR count). The van der Waals surface area contributed by atoms with Crippen LogP contribution in [0.1, 0.15) is 43.2 Å². The van der Waals surface area contributed by atoms with Crippen molar-refractivity contribution in [1.29, 1.82) is 0 Å². The van der Waals surface area contributed by atoms with E-state index in [1.165, 1.54) is 29.8 Å². The first-order valence-corrected chi connectivity index (χ1v) is 14.1. The van der Waals surface area contributed by atoms with Crippen LogP contribution in [-0.2, 0) is 10.2 Å². The molecule has 44 heavy (non-hydrogen) atoms. The van der Waals surface area contributed by atoms with Crippen LogP contribution < -0.4 is 5.73 Å². The van der Waals surface area contributed by atoms with Gasteiger partial charge in [-0.1, -0.05) is 57.2 Å². The van der Waals surface area contributed by atoms with Crippen LogP contribution in [0.5, 0.6) is 0 Å². The third-order valence-electron chi connectivity index (χ3n) is 6.41. The molecule has 0 aliphatic carbocycles. The molecule has 0 unspecified atom stereocenters. The number of non-ortho nitro benzene ring substituents is 1. The average molecular weight is 612 g/mol. The quantitative estimate of drug-likeness (QED) is 0.0999. The van der Waals surface area contributed by atoms with E-state index in [1.807, 2.05) is 6.92 Å². The number of rotatable bonds is 6. The standard InChI is InChI=1S/C18H20N2O2.C14H9N3O4S/c1-13-8-9-15(18(2,3)4)11-17(13)19-12-14-6-5-7-16(10-14)20(21)22;15-14-16-13(18)12(22-14)7-8-5-6-11(21-8)9-3-1-2-4-10(9)17(19)20/h5-12H,1-4H3;1-7H,(H2,15,16,18)/b;12-7-. The van der Waals surface area contributed by atoms with Crippen molar-refractivity contribution in [3.63, 3.8) is 0 Å². The Balaban J connectivity index is 0.000000201. The second kappa shape index (κ2) is 13.3. The zero-order valence-corrected chi connectivity index (χ0v) is 25.2. The molecule has 3 aromatic carbocycles. The van der Waals surface area contributed by atoms with Gasteiger partial charge in [0, 0.05) is 30.5 Å². The second-order valence-electron chi connectivity index (χ2n) is 10.7. The maximum atomic E-state index is 11.5. The van der Waals surface area contributed by atoms with Gasteiger partial charge >= 0.3 is 0 Å². The zero-order valence-electron chi connectivity index (χ0n) is 24.4. The van der Waals surface area contributed by atoms with E-state index in [1.54, 1.807) is 48.7 Å². The predicted molar refractivity (Wildman–Crippen MR) is 173 cm³/mol. The van der Waals surface area contributed by atoms with Gasteiger partial charge in [0.25, 0.3) is 17.3 Å². The third kappa shape index (κ3) is 7.92. The first kappa shape index (κ1) is 31.6. The Bertz CT molecular complexity index is 1830. The van der Waals surface area contributed by atoms with Gasteiger partial charge in [0.05, 0.1) is 26.0 Å². The molecule has 0 bridgehead atoms. The number of benzene rings is 3. The van der Waals surface area contributed by atoms with E-state index in [9.17, 15) is 25.0 Å². The smallest absolute Gasteiger partial charge is 0.286 e. The van der Waals surface area contributed by atoms with E-state index in [2.05, 4.69) is 49.0 Å². The molecule has 2 heterocycles. The number of furan rings is 1. The average Bonchev–Trinajstić information content (AvgIpc) is 3.57. The number of para-hydroxylation sites is 1. The van der Waals surface area contributed by atoms with Gasteiger partial charge in [0.2, 0.25) is 0 Å². The van der Waals surface area contributed by atoms with Gasteiger partial charge in [-0.05, 0) is 65.1 Å². The van der Waals surface area contributed by atoms with E-state index in [-0.39, 0.29) is 22.0 Å². The first-order chi connectivity index (χ1) is 20.8. The molecule has 0 radical (unpaired) electrons. The number of nitro benzene ring substituents is 2. The lowest BCUT2D eigenvalue weighted by Crippen LogP contribution is -2.10. The number of nitrogens with zero attached hydrogens (tertiary/aromatic N) is 4. The summed E-state index contributed by atoms with van der Waals surface area (Å²) < 4.78 is 5.57. The van der Waals surface area contributed by atoms with Crippen molar-refractivity contribution >= 4 is 52.2 Å². The molecule has 11 nitrogen and oxygen atoms in total. The van der Waals surface area contributed by atoms with Crippen LogP contribution in [0.2, 0.25) is 0 Å². The Kier molecular flexibility index (Phi) is 9.54. The molecule has 0 saturated carbocycles. The lowest BCUT2D eigenvalue weighted by atomic mass is 9.86. The maximum Gasteiger partial charge on any atom is 0.286 e. The molecule has 1 amide bonds. The number of nitro groups is 2. The molecule has 2 N–H and O–H groups in total. The number of amidine groups is 1. The Morgan fingerprint density at radius 3 is 2.36 bits per heavy atom. The highest BCUT2D eigenvalue weighted by Crippen LogP contribution is 2.33. The Labute approximate surface area is 257 Å². The first-order valence-electron chi connectivity index (χ1n) is 13.3. The number of thioether (sulfide) groups is 1. The van der Waals surface area contributed by atoms with Gasteiger partial charge in [-0.15, -0.1) is 0 Å². The molecule has 12 heteroatoms. The van der Waals surface area contributed by atoms with Crippen molar-refractivity contribution in [1.82, 2.24) is 0 Å². The number of carbonyl (C=O) groups is 1. The number of hydrogen-bond donors (Lipinski definition) is 1. The number of carbonyl (C=O) groups excluding carboxylic acids is 1. The van der Waals surface area contributed by atoms with Gasteiger partial charge < -0.3 is 10.2 Å². The Morgan fingerprint density at radius 2 is 1.70 bits per heavy atom. The van der Waals surface area contributed by atoms with Crippen molar-refractivity contribution < 1.29 is 19.1 Å². The van der Waals surface area contributed by atoms with E-state index >= 15 is 0 Å². The SMILES string of the molecule is Cc1ccc(C(C)(C)C)cc1N=Cc1cccc([N+](=O)[O-])c1.NC1=NC(=O)/C(=C/c2ccc(-c3ccccc3[N+](=O)[O-])o2)S1. The van der Waals surface area contributed by atoms with Crippen molar-refractivity contribution in [3.8, 4) is 11.3 Å². The van der Waals surface area contributed by atoms with Gasteiger partial charge in [-0.3, -0.25) is 30.0 Å². The summed E-state index contributed by atoms with van der Waals surface area (Å²) in [6.45, 7) is 8.48. The zero-order chi connectivity index (χ0) is 32.0. The lowest BCUT2D eigenvalue weighted by molar-refractivity contribution is -0.384. The van der Waals surface area contributed by atoms with E-state index in [4.69, 9.17) is 10.2 Å². The monoisotopic (exact) mass is 611 g/mol. The molecule has 1 aliphatic rings. The van der Waals surface area contributed by atoms with Crippen molar-refractivity contribution in [3.05, 3.63) is 126 Å². The number of nitrogens with two attached hydrogens (primary N) is 1. The van der Waals surface area contributed by atoms with Crippen LogP contribution >= 0.6 is 11.8 Å². The van der Waals surface area contributed by atoms with Crippen LogP contribution in [-0.4, -0.2) is 27.1 Å². The van der Waals surface area contributed by atoms with Gasteiger partial charge in [-0.2, -0.15) is 4.99 Å². The molecule has 4 aromatic rings. The van der Waals surface area contributed by atoms with E-state index in [0.29, 0.717) is 22.0 Å². The van der Waals surface area contributed by atoms with Crippen molar-refractivity contribution in [2.75, 3.05) is 0 Å². The fraction of sp³-hybridized carbons (Fsp3) is 0.156. The molecule has 0 spiro atoms. The summed E-state index contributed by atoms with van der Waals surface area (Å²) in [5.74, 6) is 0.323. The summed E-state index contributed by atoms with van der Waals surface area (Å²) in [6, 6.07) is 22.2. The van der Waals surface area contributed by atoms with Crippen LogP contribution in [0.25, 0.3) is 17.4 Å². The minimum atomic E-state index is -0.471. The highest BCUT2D eigenvalue weighted by atomic mass is 32.2. The maximum absolute atomic E-state index is 11.5. The molecule has 224 valence electrons. The fourth-order valence-electron chi connectivity index (χ4n) is 4.05. The third-order valence-corrected chi connectivity index (χ3v) is 7.23. The summed E-state index contributed by atoms with van der Waals surface area (Å²) in [5.41, 5.74) is 9.82. The van der Waals surface area contributed by atoms with Crippen molar-refractivity contribution in [2.45, 2.75) is 33.1 Å². The Hall–Kier alpha value is -5.36. The number of aryl methyl sites for hydroxylation is 1. The summed E-state index contributed by atoms with van der Waals surface area (Å²) in [5, 5.41) is 22.0. The van der Waals surface area contributed by atoms with Crippen LogP contribution in [0.15, 0.2) is 98.2 Å². The highest BCUT2D eigenvalue weighted by molar-refractivity contribution is 8.18. The molecular formula is C32H29N5O6S. The molecule has 1 aliphatic heterocycles. The number of amides is 1. The summed E-state index contributed by atoms with van der Waals surface area (Å²) in [7, 11) is 0. The molecule has 1 aromatic heterocycles. The van der Waals surface area contributed by atoms with Crippen LogP contribution in [0.3, 0.4) is 0 Å². The Morgan fingerprint density at radius 1 is 0.955 bits per heavy atom. The minimum Gasteiger partial charge on any atom is -0.456 e. The van der Waals surface area contributed by atoms with Crippen LogP contribution in [0, 0.1) is 27.2 Å². The van der Waals surface area contributed by atoms with Gasteiger partial charge in [0.15, 0.2) is 5.17 Å². The predicted octanol–water partition coefficient (Wildman–Crippen LogP) is 7.74. The van der Waals surface area contributed by atoms with Gasteiger partial charge in [0.1, 0.15) is 11.5 Å². The number of aliphatic imine (C=N–C) groups is 2. The van der Waals surface area contributed by atoms with E-state index < -0.39 is 15.8 Å². The van der Waals surface area contributed by atoms with Gasteiger partial charge in [-0.25, -0.2) is 0 Å². The molecule has 0 saturated heterocycles. The normalized spacial score (nSPS) is 14.0. The van der Waals surface area contributed by atoms with Crippen molar-refractivity contribution in [2.24, 2.45) is 15.7 Å². The second-order valence-corrected chi connectivity index (χ2v) is 11.8. The largest absolute Gasteiger partial charge is 0.456 e. The molecule has 0 atom stereocenters. The summed E-state index contributed by atoms with van der Waals surface area (Å²) in [4.78, 5) is 40.9. The van der Waals surface area contributed by atoms with E-state index in [0.717, 1.165) is 28.6 Å². The number of hydrogen-bond acceptors (Lipinski definition) is 9. The fourth-order valence-corrected chi connectivity index (χ4v) is 4.71. The molecular weight excluding hydrogens is 582 g/mol. The highest BCUT2D eigenvalue weighted by Gasteiger charge is 2.21. The summed E-state index contributed by atoms with van der Waals surface area (Å²) >= 11 is 1.05. The van der Waals surface area contributed by atoms with Crippen LogP contribution in [0.4, 0.5) is 17.1 Å².